The maximum absolute atomic E-state index is 8.33. The molecule has 0 bridgehead atoms. The number of carbonyl (C=O) groups excluding carboxylic acids is 1. The predicted molar refractivity (Wildman–Crippen MR) is 15.4 cm³/mol. The van der Waals surface area contributed by atoms with Gasteiger partial charge in [-0.25, -0.2) is 0 Å². The van der Waals surface area contributed by atoms with Gasteiger partial charge in [-0.05, 0) is 6.16 Å². The van der Waals surface area contributed by atoms with Gasteiger partial charge >= 0.3 is 103 Å². The molecule has 0 spiro atoms. The van der Waals surface area contributed by atoms with Crippen LogP contribution in [0.25, 0.3) is 0 Å². The smallest absolute Gasteiger partial charge is 0.652 e. The van der Waals surface area contributed by atoms with Gasteiger partial charge in [0.25, 0.3) is 0 Å². The van der Waals surface area contributed by atoms with Crippen LogP contribution < -0.4 is 125 Å². The molecule has 5 nitrogen and oxygen atoms in total. The van der Waals surface area contributed by atoms with Gasteiger partial charge in [0.05, 0.1) is 0 Å². The van der Waals surface area contributed by atoms with Crippen molar-refractivity contribution in [2.75, 3.05) is 0 Å². The summed E-state index contributed by atoms with van der Waals surface area (Å²) < 4.78 is 0. The summed E-state index contributed by atoms with van der Waals surface area (Å²) in [5.74, 6) is 0. The fourth-order valence-corrected chi connectivity index (χ4v) is 0. The summed E-state index contributed by atoms with van der Waals surface area (Å²) >= 11 is 0. The molecule has 0 radical (unpaired) electrons. The molecule has 8 heavy (non-hydrogen) atoms. The molecule has 0 amide bonds. The van der Waals surface area contributed by atoms with E-state index in [1.54, 1.807) is 0 Å². The van der Waals surface area contributed by atoms with E-state index in [-0.39, 0.29) is 115 Å². The maximum Gasteiger partial charge on any atom is 1.00 e. The molecular weight excluding hydrogens is 166 g/mol. The maximum atomic E-state index is 8.33. The summed E-state index contributed by atoms with van der Waals surface area (Å²) in [6, 6.07) is 0. The van der Waals surface area contributed by atoms with Crippen LogP contribution in [0.1, 0.15) is 0 Å². The molecule has 0 saturated heterocycles. The topological polar surface area (TPSA) is 133 Å². The van der Waals surface area contributed by atoms with E-state index >= 15 is 0 Å². The predicted octanol–water partition coefficient (Wildman–Crippen LogP) is -8.12. The standard InChI is InChI=1S/CH2O3.2K.2H3N/c2-1(3)4;;;;/h(H2,2,3,4);;;2*1H3/q;2*+1;;/p-2. The Morgan fingerprint density at radius 3 is 1.00 bits per heavy atom. The van der Waals surface area contributed by atoms with Crippen molar-refractivity contribution in [3.8, 4) is 0 Å². The molecule has 0 atom stereocenters. The van der Waals surface area contributed by atoms with Crippen molar-refractivity contribution < 1.29 is 118 Å². The molecule has 0 aliphatic rings. The molecule has 0 aliphatic heterocycles. The molecule has 6 N–H and O–H groups in total. The number of rotatable bonds is 0. The van der Waals surface area contributed by atoms with Crippen LogP contribution in [-0.2, 0) is 0 Å². The van der Waals surface area contributed by atoms with Gasteiger partial charge < -0.3 is 27.3 Å². The van der Waals surface area contributed by atoms with Crippen LogP contribution in [0, 0.1) is 0 Å². The average Bonchev–Trinajstić information content (AvgIpc) is 0.811. The Hall–Kier alpha value is 2.46. The third-order valence-electron chi connectivity index (χ3n) is 0. The molecule has 0 aromatic carbocycles. The fourth-order valence-electron chi connectivity index (χ4n) is 0. The van der Waals surface area contributed by atoms with Crippen LogP contribution >= 0.6 is 0 Å². The van der Waals surface area contributed by atoms with E-state index in [1.165, 1.54) is 0 Å². The van der Waals surface area contributed by atoms with E-state index in [1.807, 2.05) is 0 Å². The molecule has 7 heteroatoms. The third-order valence-corrected chi connectivity index (χ3v) is 0. The van der Waals surface area contributed by atoms with Gasteiger partial charge in [-0.1, -0.05) is 0 Å². The number of hydrogen-bond acceptors (Lipinski definition) is 5. The second-order valence-corrected chi connectivity index (χ2v) is 0.250. The molecular formula is CH6K2N2O3. The first-order valence-electron chi connectivity index (χ1n) is 0.612. The minimum atomic E-state index is -2.33. The van der Waals surface area contributed by atoms with Gasteiger partial charge in [-0.2, -0.15) is 0 Å². The molecule has 0 aromatic heterocycles. The van der Waals surface area contributed by atoms with Crippen LogP contribution in [-0.4, -0.2) is 6.16 Å². The Labute approximate surface area is 133 Å². The van der Waals surface area contributed by atoms with Gasteiger partial charge in [0, 0.05) is 0 Å². The summed E-state index contributed by atoms with van der Waals surface area (Å²) in [5, 5.41) is 16.7. The molecule has 0 fully saturated rings. The largest absolute Gasteiger partial charge is 1.00 e. The van der Waals surface area contributed by atoms with Crippen molar-refractivity contribution in [3.05, 3.63) is 0 Å². The quantitative estimate of drug-likeness (QED) is 0.350. The minimum Gasteiger partial charge on any atom is -0.652 e. The van der Waals surface area contributed by atoms with Gasteiger partial charge in [0.2, 0.25) is 0 Å². The van der Waals surface area contributed by atoms with Gasteiger partial charge in [-0.3, -0.25) is 0 Å². The van der Waals surface area contributed by atoms with E-state index in [4.69, 9.17) is 15.0 Å². The average molecular weight is 172 g/mol. The van der Waals surface area contributed by atoms with Crippen molar-refractivity contribution in [2.24, 2.45) is 0 Å². The molecule has 0 aromatic rings. The monoisotopic (exact) mass is 172 g/mol. The molecule has 0 rings (SSSR count). The summed E-state index contributed by atoms with van der Waals surface area (Å²) in [7, 11) is 0. The zero-order valence-electron chi connectivity index (χ0n) is 5.14. The SMILES string of the molecule is N.N.O=C([O-])[O-].[K+].[K+]. The normalized spacial score (nSPS) is 3.00. The van der Waals surface area contributed by atoms with E-state index in [2.05, 4.69) is 0 Å². The van der Waals surface area contributed by atoms with Crippen LogP contribution in [0.2, 0.25) is 0 Å². The summed E-state index contributed by atoms with van der Waals surface area (Å²) in [4.78, 5) is 8.33. The van der Waals surface area contributed by atoms with Crippen LogP contribution in [0.5, 0.6) is 0 Å². The Morgan fingerprint density at radius 2 is 1.00 bits per heavy atom. The first-order valence-corrected chi connectivity index (χ1v) is 0.612. The van der Waals surface area contributed by atoms with Gasteiger partial charge in [0.1, 0.15) is 0 Å². The van der Waals surface area contributed by atoms with Crippen molar-refractivity contribution in [1.29, 1.82) is 0 Å². The van der Waals surface area contributed by atoms with Crippen molar-refractivity contribution >= 4 is 6.16 Å². The van der Waals surface area contributed by atoms with Crippen LogP contribution in [0.15, 0.2) is 0 Å². The second-order valence-electron chi connectivity index (χ2n) is 0.250. The third kappa shape index (κ3) is 77.7. The molecule has 0 saturated carbocycles. The minimum absolute atomic E-state index is 0. The molecule has 0 heterocycles. The van der Waals surface area contributed by atoms with Crippen molar-refractivity contribution in [1.82, 2.24) is 12.3 Å². The number of carboxylic acid groups (broad SMARTS) is 2. The summed E-state index contributed by atoms with van der Waals surface area (Å²) in [6.45, 7) is 0. The van der Waals surface area contributed by atoms with E-state index < -0.39 is 6.16 Å². The fraction of sp³-hybridized carbons (Fsp3) is 0. The zero-order chi connectivity index (χ0) is 3.58. The van der Waals surface area contributed by atoms with E-state index in [0.717, 1.165) is 0 Å². The Morgan fingerprint density at radius 1 is 1.00 bits per heavy atom. The van der Waals surface area contributed by atoms with Gasteiger partial charge in [-0.15, -0.1) is 0 Å². The van der Waals surface area contributed by atoms with Gasteiger partial charge in [0.15, 0.2) is 0 Å². The van der Waals surface area contributed by atoms with E-state index in [9.17, 15) is 0 Å². The Balaban J connectivity index is -0.00000000750. The molecule has 0 aliphatic carbocycles. The summed E-state index contributed by atoms with van der Waals surface area (Å²) in [6.07, 6.45) is -2.33. The second kappa shape index (κ2) is 22.7. The van der Waals surface area contributed by atoms with E-state index in [0.29, 0.717) is 0 Å². The Kier molecular flexibility index (Phi) is 89.1. The summed E-state index contributed by atoms with van der Waals surface area (Å²) in [5.41, 5.74) is 0. The molecule has 40 valence electrons. The zero-order valence-corrected chi connectivity index (χ0v) is 11.4. The molecule has 0 unspecified atom stereocenters. The van der Waals surface area contributed by atoms with Crippen LogP contribution in [0.4, 0.5) is 4.79 Å². The number of hydrogen-bond donors (Lipinski definition) is 2. The number of carbonyl (C=O) groups is 1. The Bertz CT molecular complexity index is 38.3. The first-order chi connectivity index (χ1) is 1.73. The van der Waals surface area contributed by atoms with Crippen LogP contribution in [0.3, 0.4) is 0 Å². The van der Waals surface area contributed by atoms with Crippen molar-refractivity contribution in [3.63, 3.8) is 0 Å². The van der Waals surface area contributed by atoms with Crippen molar-refractivity contribution in [2.45, 2.75) is 0 Å². The first kappa shape index (κ1) is 31.4.